The van der Waals surface area contributed by atoms with E-state index in [0.717, 1.165) is 25.6 Å². The molecule has 0 aromatic carbocycles. The second-order valence-corrected chi connectivity index (χ2v) is 2.55. The summed E-state index contributed by atoms with van der Waals surface area (Å²) in [5.41, 5.74) is 0. The van der Waals surface area contributed by atoms with Gasteiger partial charge in [-0.25, -0.2) is 5.32 Å². The fourth-order valence-corrected chi connectivity index (χ4v) is 1.33. The molecule has 2 heterocycles. The molecule has 0 spiro atoms. The van der Waals surface area contributed by atoms with Gasteiger partial charge in [-0.3, -0.25) is 0 Å². The first-order valence-electron chi connectivity index (χ1n) is 3.21. The molecule has 0 N–H and O–H groups in total. The van der Waals surface area contributed by atoms with Crippen LogP contribution in [0.15, 0.2) is 0 Å². The summed E-state index contributed by atoms with van der Waals surface area (Å²) in [6.07, 6.45) is 1.76. The zero-order valence-electron chi connectivity index (χ0n) is 4.84. The van der Waals surface area contributed by atoms with Crippen molar-refractivity contribution in [2.45, 2.75) is 12.5 Å². The van der Waals surface area contributed by atoms with E-state index in [-0.39, 0.29) is 0 Å². The van der Waals surface area contributed by atoms with Gasteiger partial charge in [-0.05, 0) is 6.42 Å². The minimum absolute atomic E-state index is 0.590. The largest absolute Gasteiger partial charge is 0.377 e. The Balaban J connectivity index is 1.92. The number of hydrogen-bond donors (Lipinski definition) is 0. The summed E-state index contributed by atoms with van der Waals surface area (Å²) in [6.45, 7) is 3.06. The summed E-state index contributed by atoms with van der Waals surface area (Å²) >= 11 is 0. The van der Waals surface area contributed by atoms with Crippen molar-refractivity contribution in [3.05, 3.63) is 0 Å². The molecule has 0 saturated carbocycles. The fourth-order valence-electron chi connectivity index (χ4n) is 1.33. The Morgan fingerprint density at radius 3 is 2.88 bits per heavy atom. The van der Waals surface area contributed by atoms with E-state index in [2.05, 4.69) is 5.32 Å². The Labute approximate surface area is 49.2 Å². The lowest BCUT2D eigenvalue weighted by Gasteiger charge is -2.39. The van der Waals surface area contributed by atoms with E-state index in [0.29, 0.717) is 6.10 Å². The van der Waals surface area contributed by atoms with Gasteiger partial charge in [0.15, 0.2) is 0 Å². The van der Waals surface area contributed by atoms with E-state index in [4.69, 9.17) is 4.74 Å². The lowest BCUT2D eigenvalue weighted by Crippen LogP contribution is -2.48. The monoisotopic (exact) mass is 112 g/mol. The predicted octanol–water partition coefficient (Wildman–Crippen LogP) is 0.00950. The second-order valence-electron chi connectivity index (χ2n) is 2.55. The number of hydrogen-bond acceptors (Lipinski definition) is 1. The molecule has 2 rings (SSSR count). The van der Waals surface area contributed by atoms with E-state index in [1.165, 1.54) is 6.42 Å². The molecule has 45 valence electrons. The smallest absolute Gasteiger partial charge is 0.0651 e. The summed E-state index contributed by atoms with van der Waals surface area (Å²) in [7, 11) is 0. The molecule has 2 aliphatic rings. The molecule has 2 nitrogen and oxygen atoms in total. The van der Waals surface area contributed by atoms with Gasteiger partial charge in [0.25, 0.3) is 0 Å². The molecule has 2 atom stereocenters. The lowest BCUT2D eigenvalue weighted by molar-refractivity contribution is -0.127. The van der Waals surface area contributed by atoms with Crippen LogP contribution in [0.4, 0.5) is 0 Å². The molecule has 2 aliphatic heterocycles. The minimum atomic E-state index is 0.590. The van der Waals surface area contributed by atoms with Gasteiger partial charge in [0.1, 0.15) is 0 Å². The van der Waals surface area contributed by atoms with Crippen molar-refractivity contribution < 1.29 is 4.74 Å². The second kappa shape index (κ2) is 1.71. The molecular formula is C6H10NO. The maximum absolute atomic E-state index is 5.27. The molecule has 2 unspecified atom stereocenters. The summed E-state index contributed by atoms with van der Waals surface area (Å²) < 4.78 is 5.27. The van der Waals surface area contributed by atoms with Crippen LogP contribution in [-0.2, 0) is 4.74 Å². The van der Waals surface area contributed by atoms with Crippen LogP contribution in [0.1, 0.15) is 6.42 Å². The highest BCUT2D eigenvalue weighted by Gasteiger charge is 2.34. The maximum atomic E-state index is 5.27. The van der Waals surface area contributed by atoms with E-state index < -0.39 is 0 Å². The average Bonchev–Trinajstić information content (AvgIpc) is 1.72. The lowest BCUT2D eigenvalue weighted by atomic mass is 9.92. The highest BCUT2D eigenvalue weighted by molar-refractivity contribution is 4.84. The SMILES string of the molecule is C1CC2OCC2C[N]1. The number of piperidine rings is 1. The normalized spacial score (nSPS) is 45.0. The van der Waals surface area contributed by atoms with Gasteiger partial charge in [0.2, 0.25) is 0 Å². The molecule has 8 heavy (non-hydrogen) atoms. The van der Waals surface area contributed by atoms with Gasteiger partial charge in [0.05, 0.1) is 12.7 Å². The molecule has 0 aromatic heterocycles. The number of fused-ring (bicyclic) bond motifs is 1. The first kappa shape index (κ1) is 4.77. The van der Waals surface area contributed by atoms with Gasteiger partial charge >= 0.3 is 0 Å². The summed E-state index contributed by atoms with van der Waals surface area (Å²) in [5.74, 6) is 0.795. The van der Waals surface area contributed by atoms with Crippen LogP contribution < -0.4 is 5.32 Å². The van der Waals surface area contributed by atoms with Gasteiger partial charge in [-0.15, -0.1) is 0 Å². The van der Waals surface area contributed by atoms with Gasteiger partial charge in [0, 0.05) is 19.0 Å². The summed E-state index contributed by atoms with van der Waals surface area (Å²) in [6, 6.07) is 0. The van der Waals surface area contributed by atoms with Crippen LogP contribution >= 0.6 is 0 Å². The first-order chi connectivity index (χ1) is 3.97. The van der Waals surface area contributed by atoms with Gasteiger partial charge in [-0.1, -0.05) is 0 Å². The standard InChI is InChI=1S/C6H10NO/c1-2-7-3-5-4-8-6(1)5/h5-6H,1-4H2. The zero-order chi connectivity index (χ0) is 5.40. The van der Waals surface area contributed by atoms with Crippen molar-refractivity contribution in [3.8, 4) is 0 Å². The van der Waals surface area contributed by atoms with Crippen molar-refractivity contribution >= 4 is 0 Å². The minimum Gasteiger partial charge on any atom is -0.377 e. The van der Waals surface area contributed by atoms with Crippen molar-refractivity contribution in [2.75, 3.05) is 19.7 Å². The van der Waals surface area contributed by atoms with E-state index in [1.807, 2.05) is 0 Å². The highest BCUT2D eigenvalue weighted by Crippen LogP contribution is 2.25. The van der Waals surface area contributed by atoms with Crippen molar-refractivity contribution in [1.82, 2.24) is 5.32 Å². The third-order valence-corrected chi connectivity index (χ3v) is 1.99. The molecule has 0 amide bonds. The van der Waals surface area contributed by atoms with Crippen molar-refractivity contribution in [1.29, 1.82) is 0 Å². The van der Waals surface area contributed by atoms with Crippen LogP contribution in [0.25, 0.3) is 0 Å². The average molecular weight is 112 g/mol. The predicted molar refractivity (Wildman–Crippen MR) is 29.7 cm³/mol. The molecule has 1 radical (unpaired) electrons. The summed E-state index contributed by atoms with van der Waals surface area (Å²) in [4.78, 5) is 0. The summed E-state index contributed by atoms with van der Waals surface area (Å²) in [5, 5.41) is 4.28. The number of rotatable bonds is 0. The van der Waals surface area contributed by atoms with E-state index in [1.54, 1.807) is 0 Å². The van der Waals surface area contributed by atoms with Crippen molar-refractivity contribution in [2.24, 2.45) is 5.92 Å². The van der Waals surface area contributed by atoms with Crippen LogP contribution in [-0.4, -0.2) is 25.8 Å². The molecular weight excluding hydrogens is 102 g/mol. The molecule has 2 fully saturated rings. The molecule has 0 aliphatic carbocycles. The van der Waals surface area contributed by atoms with Gasteiger partial charge < -0.3 is 4.74 Å². The Hall–Kier alpha value is -0.0800. The number of nitrogens with zero attached hydrogens (tertiary/aromatic N) is 1. The van der Waals surface area contributed by atoms with Crippen LogP contribution in [0.3, 0.4) is 0 Å². The van der Waals surface area contributed by atoms with E-state index >= 15 is 0 Å². The Kier molecular flexibility index (Phi) is 1.02. The quantitative estimate of drug-likeness (QED) is 0.433. The van der Waals surface area contributed by atoms with Crippen LogP contribution in [0, 0.1) is 5.92 Å². The zero-order valence-corrected chi connectivity index (χ0v) is 4.84. The van der Waals surface area contributed by atoms with Gasteiger partial charge in [-0.2, -0.15) is 0 Å². The molecule has 2 saturated heterocycles. The highest BCUT2D eigenvalue weighted by atomic mass is 16.5. The Morgan fingerprint density at radius 2 is 2.50 bits per heavy atom. The third kappa shape index (κ3) is 0.565. The topological polar surface area (TPSA) is 23.3 Å². The molecule has 0 bridgehead atoms. The third-order valence-electron chi connectivity index (χ3n) is 1.99. The fraction of sp³-hybridized carbons (Fsp3) is 1.00. The Morgan fingerprint density at radius 1 is 1.50 bits per heavy atom. The Bertz CT molecular complexity index is 82.5. The van der Waals surface area contributed by atoms with Crippen molar-refractivity contribution in [3.63, 3.8) is 0 Å². The number of ether oxygens (including phenoxy) is 1. The maximum Gasteiger partial charge on any atom is 0.0651 e. The molecule has 0 aromatic rings. The van der Waals surface area contributed by atoms with Crippen LogP contribution in [0.5, 0.6) is 0 Å². The van der Waals surface area contributed by atoms with E-state index in [9.17, 15) is 0 Å². The van der Waals surface area contributed by atoms with Crippen LogP contribution in [0.2, 0.25) is 0 Å². The molecule has 2 heteroatoms. The first-order valence-corrected chi connectivity index (χ1v) is 3.21.